The minimum atomic E-state index is 0.303. The van der Waals surface area contributed by atoms with Crippen molar-refractivity contribution in [3.05, 3.63) is 64.3 Å². The first-order valence-electron chi connectivity index (χ1n) is 6.86. The molecule has 2 aromatic carbocycles. The van der Waals surface area contributed by atoms with Crippen LogP contribution in [0.3, 0.4) is 0 Å². The number of anilines is 4. The van der Waals surface area contributed by atoms with E-state index in [9.17, 15) is 0 Å². The lowest BCUT2D eigenvalue weighted by Crippen LogP contribution is -2.03. The van der Waals surface area contributed by atoms with Gasteiger partial charge in [0.1, 0.15) is 0 Å². The first-order chi connectivity index (χ1) is 11.1. The van der Waals surface area contributed by atoms with Crippen LogP contribution in [0.4, 0.5) is 23.1 Å². The largest absolute Gasteiger partial charge is 0.339 e. The number of hydrogen-bond acceptors (Lipinski definition) is 5. The van der Waals surface area contributed by atoms with Crippen molar-refractivity contribution in [2.75, 3.05) is 10.6 Å². The number of nitrogens with one attached hydrogen (secondary N) is 2. The molecule has 0 unspecified atom stereocenters. The maximum absolute atomic E-state index is 6.13. The topological polar surface area (TPSA) is 62.7 Å². The summed E-state index contributed by atoms with van der Waals surface area (Å²) in [6, 6.07) is 13.2. The zero-order chi connectivity index (χ0) is 16.2. The molecule has 0 bridgehead atoms. The minimum absolute atomic E-state index is 0.303. The number of rotatable bonds is 4. The van der Waals surface area contributed by atoms with Gasteiger partial charge in [-0.1, -0.05) is 47.0 Å². The van der Waals surface area contributed by atoms with E-state index in [0.29, 0.717) is 27.5 Å². The van der Waals surface area contributed by atoms with E-state index in [4.69, 9.17) is 23.2 Å². The molecule has 0 aliphatic rings. The molecule has 7 heteroatoms. The number of aryl methyl sites for hydroxylation is 1. The second kappa shape index (κ2) is 6.81. The molecule has 116 valence electrons. The number of nitrogens with zero attached hydrogens (tertiary/aromatic N) is 3. The predicted molar refractivity (Wildman–Crippen MR) is 94.0 cm³/mol. The molecule has 2 N–H and O–H groups in total. The van der Waals surface area contributed by atoms with Crippen LogP contribution < -0.4 is 10.6 Å². The van der Waals surface area contributed by atoms with Crippen LogP contribution in [0.1, 0.15) is 5.56 Å². The molecule has 3 rings (SSSR count). The Morgan fingerprint density at radius 1 is 0.913 bits per heavy atom. The van der Waals surface area contributed by atoms with Gasteiger partial charge in [-0.15, -0.1) is 5.10 Å². The zero-order valence-corrected chi connectivity index (χ0v) is 13.7. The first-order valence-corrected chi connectivity index (χ1v) is 7.62. The summed E-state index contributed by atoms with van der Waals surface area (Å²) in [5, 5.41) is 15.0. The molecule has 0 saturated carbocycles. The Kier molecular flexibility index (Phi) is 4.60. The van der Waals surface area contributed by atoms with Gasteiger partial charge in [0.15, 0.2) is 5.82 Å². The third-order valence-electron chi connectivity index (χ3n) is 3.08. The van der Waals surface area contributed by atoms with Crippen LogP contribution in [0, 0.1) is 6.92 Å². The molecule has 23 heavy (non-hydrogen) atoms. The zero-order valence-electron chi connectivity index (χ0n) is 12.2. The average molecular weight is 346 g/mol. The smallest absolute Gasteiger partial charge is 0.249 e. The molecule has 0 radical (unpaired) electrons. The molecular formula is C16H13Cl2N5. The lowest BCUT2D eigenvalue weighted by molar-refractivity contribution is 0.982. The van der Waals surface area contributed by atoms with E-state index in [1.807, 2.05) is 31.2 Å². The standard InChI is InChI=1S/C16H13Cl2N5/c1-10-5-7-11(8-6-10)20-14-9-19-23-16(21-14)22-15-12(17)3-2-4-13(15)18/h2-9H,1H3,(H2,20,21,22,23). The fourth-order valence-electron chi connectivity index (χ4n) is 1.93. The molecule has 0 amide bonds. The van der Waals surface area contributed by atoms with Gasteiger partial charge < -0.3 is 10.6 Å². The molecule has 1 aromatic heterocycles. The number of para-hydroxylation sites is 1. The Morgan fingerprint density at radius 2 is 1.61 bits per heavy atom. The third-order valence-corrected chi connectivity index (χ3v) is 3.71. The lowest BCUT2D eigenvalue weighted by atomic mass is 10.2. The molecule has 0 spiro atoms. The van der Waals surface area contributed by atoms with Crippen LogP contribution in [0.15, 0.2) is 48.7 Å². The van der Waals surface area contributed by atoms with E-state index in [-0.39, 0.29) is 0 Å². The highest BCUT2D eigenvalue weighted by Crippen LogP contribution is 2.31. The summed E-state index contributed by atoms with van der Waals surface area (Å²) in [5.74, 6) is 0.867. The van der Waals surface area contributed by atoms with Gasteiger partial charge in [0.2, 0.25) is 5.95 Å². The summed E-state index contributed by atoms with van der Waals surface area (Å²) < 4.78 is 0. The molecule has 0 aliphatic heterocycles. The number of aromatic nitrogens is 3. The second-order valence-electron chi connectivity index (χ2n) is 4.88. The molecule has 0 saturated heterocycles. The van der Waals surface area contributed by atoms with Crippen molar-refractivity contribution in [3.63, 3.8) is 0 Å². The van der Waals surface area contributed by atoms with Gasteiger partial charge in [-0.2, -0.15) is 10.1 Å². The monoisotopic (exact) mass is 345 g/mol. The molecule has 3 aromatic rings. The highest BCUT2D eigenvalue weighted by atomic mass is 35.5. The lowest BCUT2D eigenvalue weighted by Gasteiger charge is -2.10. The van der Waals surface area contributed by atoms with Crippen molar-refractivity contribution < 1.29 is 0 Å². The normalized spacial score (nSPS) is 10.4. The fourth-order valence-corrected chi connectivity index (χ4v) is 2.42. The van der Waals surface area contributed by atoms with Crippen LogP contribution in [-0.4, -0.2) is 15.2 Å². The van der Waals surface area contributed by atoms with E-state index in [1.165, 1.54) is 5.56 Å². The Morgan fingerprint density at radius 3 is 2.30 bits per heavy atom. The quantitative estimate of drug-likeness (QED) is 0.698. The van der Waals surface area contributed by atoms with Gasteiger partial charge in [0.25, 0.3) is 0 Å². The summed E-state index contributed by atoms with van der Waals surface area (Å²) in [6.45, 7) is 2.03. The molecule has 5 nitrogen and oxygen atoms in total. The van der Waals surface area contributed by atoms with Crippen LogP contribution in [0.2, 0.25) is 10.0 Å². The summed E-state index contributed by atoms with van der Waals surface area (Å²) >= 11 is 12.3. The summed E-state index contributed by atoms with van der Waals surface area (Å²) in [5.41, 5.74) is 2.65. The van der Waals surface area contributed by atoms with Gasteiger partial charge in [0, 0.05) is 5.69 Å². The highest BCUT2D eigenvalue weighted by Gasteiger charge is 2.08. The second-order valence-corrected chi connectivity index (χ2v) is 5.69. The van der Waals surface area contributed by atoms with Crippen molar-refractivity contribution in [2.45, 2.75) is 6.92 Å². The SMILES string of the molecule is Cc1ccc(Nc2cnnc(Nc3c(Cl)cccc3Cl)n2)cc1. The van der Waals surface area contributed by atoms with E-state index in [0.717, 1.165) is 5.69 Å². The number of hydrogen-bond donors (Lipinski definition) is 2. The van der Waals surface area contributed by atoms with Crippen molar-refractivity contribution in [1.29, 1.82) is 0 Å². The molecule has 1 heterocycles. The van der Waals surface area contributed by atoms with Crippen molar-refractivity contribution in [2.24, 2.45) is 0 Å². The van der Waals surface area contributed by atoms with E-state index < -0.39 is 0 Å². The van der Waals surface area contributed by atoms with Crippen LogP contribution in [-0.2, 0) is 0 Å². The summed E-state index contributed by atoms with van der Waals surface area (Å²) in [6.07, 6.45) is 1.54. The summed E-state index contributed by atoms with van der Waals surface area (Å²) in [7, 11) is 0. The van der Waals surface area contributed by atoms with Gasteiger partial charge in [0.05, 0.1) is 21.9 Å². The molecule has 0 aliphatic carbocycles. The molecular weight excluding hydrogens is 333 g/mol. The van der Waals surface area contributed by atoms with Crippen LogP contribution in [0.25, 0.3) is 0 Å². The van der Waals surface area contributed by atoms with Gasteiger partial charge >= 0.3 is 0 Å². The first kappa shape index (κ1) is 15.5. The highest BCUT2D eigenvalue weighted by molar-refractivity contribution is 6.39. The Hall–Kier alpha value is -2.37. The maximum Gasteiger partial charge on any atom is 0.249 e. The predicted octanol–water partition coefficient (Wildman–Crippen LogP) is 4.97. The van der Waals surface area contributed by atoms with E-state index in [2.05, 4.69) is 25.8 Å². The van der Waals surface area contributed by atoms with E-state index >= 15 is 0 Å². The fraction of sp³-hybridized carbons (Fsp3) is 0.0625. The Labute approximate surface area is 143 Å². The van der Waals surface area contributed by atoms with Crippen molar-refractivity contribution >= 4 is 46.3 Å². The van der Waals surface area contributed by atoms with Crippen LogP contribution >= 0.6 is 23.2 Å². The number of benzene rings is 2. The van der Waals surface area contributed by atoms with E-state index in [1.54, 1.807) is 24.4 Å². The summed E-state index contributed by atoms with van der Waals surface area (Å²) in [4.78, 5) is 4.35. The average Bonchev–Trinajstić information content (AvgIpc) is 2.54. The Balaban J connectivity index is 1.81. The van der Waals surface area contributed by atoms with Gasteiger partial charge in [-0.25, -0.2) is 0 Å². The van der Waals surface area contributed by atoms with Crippen molar-refractivity contribution in [3.8, 4) is 0 Å². The molecule has 0 atom stereocenters. The number of halogens is 2. The van der Waals surface area contributed by atoms with Gasteiger partial charge in [-0.3, -0.25) is 0 Å². The Bertz CT molecular complexity index is 801. The van der Waals surface area contributed by atoms with Crippen molar-refractivity contribution in [1.82, 2.24) is 15.2 Å². The third kappa shape index (κ3) is 3.88. The van der Waals surface area contributed by atoms with Gasteiger partial charge in [-0.05, 0) is 31.2 Å². The van der Waals surface area contributed by atoms with Crippen LogP contribution in [0.5, 0.6) is 0 Å². The maximum atomic E-state index is 6.13. The molecule has 0 fully saturated rings. The minimum Gasteiger partial charge on any atom is -0.339 e.